The van der Waals surface area contributed by atoms with Crippen molar-refractivity contribution in [2.75, 3.05) is 26.2 Å². The monoisotopic (exact) mass is 245 g/mol. The summed E-state index contributed by atoms with van der Waals surface area (Å²) in [5.41, 5.74) is 1.04. The first-order chi connectivity index (χ1) is 8.81. The van der Waals surface area contributed by atoms with Crippen LogP contribution in [0, 0.1) is 11.3 Å². The Hall–Kier alpha value is -1.37. The standard InChI is InChI=1S/C15H23N3/c1-3-18(4-2)12-8-11-17-15(13-16)14-9-6-5-7-10-14/h5-7,9-10,15,17H,3-4,8,11-12H2,1-2H3. The zero-order valence-electron chi connectivity index (χ0n) is 11.4. The summed E-state index contributed by atoms with van der Waals surface area (Å²) in [4.78, 5) is 2.39. The molecular formula is C15H23N3. The van der Waals surface area contributed by atoms with Gasteiger partial charge in [-0.05, 0) is 38.2 Å². The Balaban J connectivity index is 2.31. The molecule has 1 unspecified atom stereocenters. The number of hydrogen-bond donors (Lipinski definition) is 1. The fraction of sp³-hybridized carbons (Fsp3) is 0.533. The lowest BCUT2D eigenvalue weighted by molar-refractivity contribution is 0.297. The van der Waals surface area contributed by atoms with Crippen molar-refractivity contribution in [3.63, 3.8) is 0 Å². The minimum Gasteiger partial charge on any atom is -0.304 e. The Kier molecular flexibility index (Phi) is 7.09. The first-order valence-corrected chi connectivity index (χ1v) is 6.72. The molecule has 0 spiro atoms. The van der Waals surface area contributed by atoms with Crippen LogP contribution in [0.25, 0.3) is 0 Å². The van der Waals surface area contributed by atoms with Crippen LogP contribution >= 0.6 is 0 Å². The Morgan fingerprint density at radius 2 is 1.89 bits per heavy atom. The Morgan fingerprint density at radius 3 is 2.44 bits per heavy atom. The van der Waals surface area contributed by atoms with E-state index in [9.17, 15) is 0 Å². The quantitative estimate of drug-likeness (QED) is 0.715. The average molecular weight is 245 g/mol. The predicted molar refractivity (Wildman–Crippen MR) is 75.2 cm³/mol. The van der Waals surface area contributed by atoms with Crippen LogP contribution < -0.4 is 5.32 Å². The third kappa shape index (κ3) is 4.87. The third-order valence-electron chi connectivity index (χ3n) is 3.16. The molecule has 1 N–H and O–H groups in total. The second-order valence-electron chi connectivity index (χ2n) is 4.31. The molecule has 0 radical (unpaired) electrons. The van der Waals surface area contributed by atoms with Crippen molar-refractivity contribution in [1.82, 2.24) is 10.2 Å². The van der Waals surface area contributed by atoms with Gasteiger partial charge in [-0.3, -0.25) is 5.32 Å². The Morgan fingerprint density at radius 1 is 1.22 bits per heavy atom. The van der Waals surface area contributed by atoms with Crippen molar-refractivity contribution in [1.29, 1.82) is 5.26 Å². The number of nitriles is 1. The van der Waals surface area contributed by atoms with Crippen LogP contribution in [0.2, 0.25) is 0 Å². The molecule has 3 nitrogen and oxygen atoms in total. The van der Waals surface area contributed by atoms with Crippen molar-refractivity contribution >= 4 is 0 Å². The second kappa shape index (κ2) is 8.68. The SMILES string of the molecule is CCN(CC)CCCNC(C#N)c1ccccc1. The molecule has 0 fully saturated rings. The highest BCUT2D eigenvalue weighted by atomic mass is 15.1. The van der Waals surface area contributed by atoms with Gasteiger partial charge in [0.05, 0.1) is 6.07 Å². The molecule has 1 rings (SSSR count). The number of nitrogens with zero attached hydrogens (tertiary/aromatic N) is 2. The molecule has 0 heterocycles. The Bertz CT molecular complexity index is 352. The summed E-state index contributed by atoms with van der Waals surface area (Å²) < 4.78 is 0. The molecule has 0 aliphatic carbocycles. The predicted octanol–water partition coefficient (Wildman–Crippen LogP) is 2.57. The van der Waals surface area contributed by atoms with E-state index in [4.69, 9.17) is 5.26 Å². The van der Waals surface area contributed by atoms with Crippen molar-refractivity contribution in [3.05, 3.63) is 35.9 Å². The normalized spacial score (nSPS) is 12.3. The van der Waals surface area contributed by atoms with Crippen LogP contribution in [-0.4, -0.2) is 31.1 Å². The van der Waals surface area contributed by atoms with Gasteiger partial charge in [0.2, 0.25) is 0 Å². The zero-order chi connectivity index (χ0) is 13.2. The van der Waals surface area contributed by atoms with Crippen LogP contribution in [0.15, 0.2) is 30.3 Å². The van der Waals surface area contributed by atoms with Gasteiger partial charge in [-0.25, -0.2) is 0 Å². The van der Waals surface area contributed by atoms with Gasteiger partial charge in [0.1, 0.15) is 6.04 Å². The van der Waals surface area contributed by atoms with Crippen molar-refractivity contribution in [2.45, 2.75) is 26.3 Å². The molecule has 0 aliphatic rings. The van der Waals surface area contributed by atoms with E-state index in [0.29, 0.717) is 0 Å². The molecule has 0 aliphatic heterocycles. The van der Waals surface area contributed by atoms with E-state index in [-0.39, 0.29) is 6.04 Å². The topological polar surface area (TPSA) is 39.1 Å². The van der Waals surface area contributed by atoms with Gasteiger partial charge >= 0.3 is 0 Å². The lowest BCUT2D eigenvalue weighted by Crippen LogP contribution is -2.28. The highest BCUT2D eigenvalue weighted by Gasteiger charge is 2.08. The molecule has 1 atom stereocenters. The molecule has 3 heteroatoms. The smallest absolute Gasteiger partial charge is 0.121 e. The molecule has 0 saturated carbocycles. The highest BCUT2D eigenvalue weighted by Crippen LogP contribution is 2.10. The number of nitrogens with one attached hydrogen (secondary N) is 1. The molecule has 1 aromatic carbocycles. The fourth-order valence-corrected chi connectivity index (χ4v) is 1.97. The minimum absolute atomic E-state index is 0.192. The van der Waals surface area contributed by atoms with Crippen LogP contribution in [0.3, 0.4) is 0 Å². The molecule has 0 bridgehead atoms. The van der Waals surface area contributed by atoms with Crippen molar-refractivity contribution in [2.24, 2.45) is 0 Å². The molecule has 0 aromatic heterocycles. The summed E-state index contributed by atoms with van der Waals surface area (Å²) >= 11 is 0. The maximum absolute atomic E-state index is 9.16. The summed E-state index contributed by atoms with van der Waals surface area (Å²) in [6.07, 6.45) is 1.08. The molecule has 18 heavy (non-hydrogen) atoms. The summed E-state index contributed by atoms with van der Waals surface area (Å²) in [5, 5.41) is 12.5. The second-order valence-corrected chi connectivity index (χ2v) is 4.31. The van der Waals surface area contributed by atoms with E-state index in [1.165, 1.54) is 0 Å². The van der Waals surface area contributed by atoms with Crippen LogP contribution in [-0.2, 0) is 0 Å². The summed E-state index contributed by atoms with van der Waals surface area (Å²) in [7, 11) is 0. The van der Waals surface area contributed by atoms with Crippen LogP contribution in [0.1, 0.15) is 31.9 Å². The largest absolute Gasteiger partial charge is 0.304 e. The van der Waals surface area contributed by atoms with Gasteiger partial charge in [-0.1, -0.05) is 44.2 Å². The van der Waals surface area contributed by atoms with Gasteiger partial charge in [0, 0.05) is 0 Å². The third-order valence-corrected chi connectivity index (χ3v) is 3.16. The maximum atomic E-state index is 9.16. The lowest BCUT2D eigenvalue weighted by Gasteiger charge is -2.18. The first-order valence-electron chi connectivity index (χ1n) is 6.72. The summed E-state index contributed by atoms with van der Waals surface area (Å²) in [6, 6.07) is 12.0. The summed E-state index contributed by atoms with van der Waals surface area (Å²) in [6.45, 7) is 8.52. The number of hydrogen-bond acceptors (Lipinski definition) is 3. The zero-order valence-corrected chi connectivity index (χ0v) is 11.4. The molecule has 98 valence electrons. The van der Waals surface area contributed by atoms with E-state index < -0.39 is 0 Å². The lowest BCUT2D eigenvalue weighted by atomic mass is 10.1. The maximum Gasteiger partial charge on any atom is 0.121 e. The first kappa shape index (κ1) is 14.7. The van der Waals surface area contributed by atoms with Crippen LogP contribution in [0.4, 0.5) is 0 Å². The fourth-order valence-electron chi connectivity index (χ4n) is 1.97. The molecule has 1 aromatic rings. The average Bonchev–Trinajstić information content (AvgIpc) is 2.44. The molecule has 0 saturated heterocycles. The van der Waals surface area contributed by atoms with E-state index in [0.717, 1.165) is 38.2 Å². The van der Waals surface area contributed by atoms with Gasteiger partial charge < -0.3 is 4.90 Å². The highest BCUT2D eigenvalue weighted by molar-refractivity contribution is 5.23. The van der Waals surface area contributed by atoms with E-state index >= 15 is 0 Å². The number of rotatable bonds is 8. The van der Waals surface area contributed by atoms with E-state index in [1.807, 2.05) is 30.3 Å². The molecular weight excluding hydrogens is 222 g/mol. The van der Waals surface area contributed by atoms with E-state index in [1.54, 1.807) is 0 Å². The van der Waals surface area contributed by atoms with Crippen molar-refractivity contribution < 1.29 is 0 Å². The van der Waals surface area contributed by atoms with Crippen LogP contribution in [0.5, 0.6) is 0 Å². The van der Waals surface area contributed by atoms with Gasteiger partial charge in [-0.15, -0.1) is 0 Å². The minimum atomic E-state index is -0.192. The molecule has 0 amide bonds. The van der Waals surface area contributed by atoms with E-state index in [2.05, 4.69) is 30.1 Å². The van der Waals surface area contributed by atoms with Gasteiger partial charge in [0.15, 0.2) is 0 Å². The Labute approximate surface area is 110 Å². The number of benzene rings is 1. The van der Waals surface area contributed by atoms with Gasteiger partial charge in [-0.2, -0.15) is 5.26 Å². The summed E-state index contributed by atoms with van der Waals surface area (Å²) in [5.74, 6) is 0. The van der Waals surface area contributed by atoms with Gasteiger partial charge in [0.25, 0.3) is 0 Å². The van der Waals surface area contributed by atoms with Crippen molar-refractivity contribution in [3.8, 4) is 6.07 Å².